The standard InChI is InChI=1S/C14H17N3O2S2/c18-21(19,17-7-1-2-8-17)16-10-12-4-3-6-15-14(12)13-5-9-20-11-13/h3-6,9,11,16H,1-2,7-8,10H2. The fourth-order valence-electron chi connectivity index (χ4n) is 2.43. The van der Waals surface area contributed by atoms with Crippen molar-refractivity contribution >= 4 is 21.5 Å². The van der Waals surface area contributed by atoms with Crippen LogP contribution in [0.4, 0.5) is 0 Å². The molecule has 0 atom stereocenters. The molecule has 2 aromatic rings. The number of nitrogens with one attached hydrogen (secondary N) is 1. The molecule has 0 spiro atoms. The molecule has 7 heteroatoms. The van der Waals surface area contributed by atoms with Crippen LogP contribution in [0.15, 0.2) is 35.2 Å². The summed E-state index contributed by atoms with van der Waals surface area (Å²) in [6, 6.07) is 5.73. The highest BCUT2D eigenvalue weighted by Crippen LogP contribution is 2.23. The van der Waals surface area contributed by atoms with E-state index in [9.17, 15) is 8.42 Å². The van der Waals surface area contributed by atoms with Gasteiger partial charge in [0.1, 0.15) is 0 Å². The summed E-state index contributed by atoms with van der Waals surface area (Å²) in [7, 11) is -3.39. The topological polar surface area (TPSA) is 62.3 Å². The molecule has 0 bridgehead atoms. The molecule has 0 saturated carbocycles. The third-order valence-corrected chi connectivity index (χ3v) is 5.77. The first kappa shape index (κ1) is 14.6. The number of hydrogen-bond donors (Lipinski definition) is 1. The third-order valence-electron chi connectivity index (χ3n) is 3.54. The third kappa shape index (κ3) is 3.32. The molecule has 5 nitrogen and oxygen atoms in total. The van der Waals surface area contributed by atoms with Gasteiger partial charge in [-0.2, -0.15) is 28.8 Å². The summed E-state index contributed by atoms with van der Waals surface area (Å²) in [5.41, 5.74) is 2.75. The maximum Gasteiger partial charge on any atom is 0.279 e. The van der Waals surface area contributed by atoms with Gasteiger partial charge in [-0.25, -0.2) is 0 Å². The lowest BCUT2D eigenvalue weighted by Gasteiger charge is -2.16. The van der Waals surface area contributed by atoms with Crippen LogP contribution in [0.25, 0.3) is 11.3 Å². The van der Waals surface area contributed by atoms with Gasteiger partial charge in [0.05, 0.1) is 5.69 Å². The highest BCUT2D eigenvalue weighted by Gasteiger charge is 2.24. The second-order valence-corrected chi connectivity index (χ2v) is 7.49. The van der Waals surface area contributed by atoms with E-state index in [2.05, 4.69) is 9.71 Å². The summed E-state index contributed by atoms with van der Waals surface area (Å²) in [6.45, 7) is 1.48. The average molecular weight is 323 g/mol. The van der Waals surface area contributed by atoms with Gasteiger partial charge < -0.3 is 0 Å². The summed E-state index contributed by atoms with van der Waals surface area (Å²) in [5.74, 6) is 0. The highest BCUT2D eigenvalue weighted by molar-refractivity contribution is 7.87. The Balaban J connectivity index is 1.77. The molecule has 0 radical (unpaired) electrons. The zero-order chi connectivity index (χ0) is 14.7. The molecule has 0 aliphatic carbocycles. The van der Waals surface area contributed by atoms with Crippen LogP contribution in [-0.4, -0.2) is 30.8 Å². The molecule has 1 N–H and O–H groups in total. The fourth-order valence-corrected chi connectivity index (χ4v) is 4.33. The highest BCUT2D eigenvalue weighted by atomic mass is 32.2. The summed E-state index contributed by atoms with van der Waals surface area (Å²) >= 11 is 1.60. The summed E-state index contributed by atoms with van der Waals surface area (Å²) in [6.07, 6.45) is 3.60. The molecule has 1 saturated heterocycles. The first-order chi connectivity index (χ1) is 10.2. The van der Waals surface area contributed by atoms with Crippen molar-refractivity contribution < 1.29 is 8.42 Å². The summed E-state index contributed by atoms with van der Waals surface area (Å²) < 4.78 is 28.6. The van der Waals surface area contributed by atoms with E-state index < -0.39 is 10.2 Å². The van der Waals surface area contributed by atoms with Crippen molar-refractivity contribution in [2.24, 2.45) is 0 Å². The molecule has 2 aromatic heterocycles. The number of rotatable bonds is 5. The Hall–Kier alpha value is -1.28. The Morgan fingerprint density at radius 1 is 1.29 bits per heavy atom. The van der Waals surface area contributed by atoms with Crippen molar-refractivity contribution in [3.8, 4) is 11.3 Å². The molecule has 0 unspecified atom stereocenters. The number of nitrogens with zero attached hydrogens (tertiary/aromatic N) is 2. The molecule has 0 aromatic carbocycles. The zero-order valence-electron chi connectivity index (χ0n) is 11.5. The second-order valence-electron chi connectivity index (χ2n) is 4.96. The Bertz CT molecular complexity index is 693. The van der Waals surface area contributed by atoms with Gasteiger partial charge in [0.25, 0.3) is 10.2 Å². The molecule has 1 fully saturated rings. The quantitative estimate of drug-likeness (QED) is 0.918. The lowest BCUT2D eigenvalue weighted by atomic mass is 10.1. The maximum absolute atomic E-state index is 12.2. The van der Waals surface area contributed by atoms with E-state index >= 15 is 0 Å². The summed E-state index contributed by atoms with van der Waals surface area (Å²) in [4.78, 5) is 4.38. The van der Waals surface area contributed by atoms with Crippen LogP contribution in [0.2, 0.25) is 0 Å². The first-order valence-corrected chi connectivity index (χ1v) is 9.26. The fraction of sp³-hybridized carbons (Fsp3) is 0.357. The van der Waals surface area contributed by atoms with Crippen molar-refractivity contribution in [2.45, 2.75) is 19.4 Å². The van der Waals surface area contributed by atoms with Crippen LogP contribution >= 0.6 is 11.3 Å². The molecule has 3 rings (SSSR count). The van der Waals surface area contributed by atoms with Crippen molar-refractivity contribution in [2.75, 3.05) is 13.1 Å². The van der Waals surface area contributed by atoms with Crippen LogP contribution in [0.3, 0.4) is 0 Å². The van der Waals surface area contributed by atoms with Crippen molar-refractivity contribution in [1.82, 2.24) is 14.0 Å². The molecule has 0 amide bonds. The molecule has 3 heterocycles. The minimum Gasteiger partial charge on any atom is -0.256 e. The Kier molecular flexibility index (Phi) is 4.34. The van der Waals surface area contributed by atoms with Crippen molar-refractivity contribution in [3.63, 3.8) is 0 Å². The minimum absolute atomic E-state index is 0.262. The lowest BCUT2D eigenvalue weighted by molar-refractivity contribution is 0.464. The molecule has 112 valence electrons. The van der Waals surface area contributed by atoms with Crippen LogP contribution < -0.4 is 4.72 Å². The van der Waals surface area contributed by atoms with Gasteiger partial charge in [0, 0.05) is 36.8 Å². The monoisotopic (exact) mass is 323 g/mol. The molecular weight excluding hydrogens is 306 g/mol. The minimum atomic E-state index is -3.39. The number of hydrogen-bond acceptors (Lipinski definition) is 4. The number of thiophene rings is 1. The predicted octanol–water partition coefficient (Wildman–Crippen LogP) is 2.24. The molecule has 21 heavy (non-hydrogen) atoms. The van der Waals surface area contributed by atoms with Crippen LogP contribution in [-0.2, 0) is 16.8 Å². The van der Waals surface area contributed by atoms with Crippen LogP contribution in [0.5, 0.6) is 0 Å². The normalized spacial score (nSPS) is 16.4. The van der Waals surface area contributed by atoms with E-state index in [1.165, 1.54) is 4.31 Å². The van der Waals surface area contributed by atoms with Crippen molar-refractivity contribution in [3.05, 3.63) is 40.7 Å². The van der Waals surface area contributed by atoms with Gasteiger partial charge in [-0.05, 0) is 35.9 Å². The van der Waals surface area contributed by atoms with Gasteiger partial charge in [0.15, 0.2) is 0 Å². The predicted molar refractivity (Wildman–Crippen MR) is 84.1 cm³/mol. The number of pyridine rings is 1. The van der Waals surface area contributed by atoms with E-state index in [1.54, 1.807) is 17.5 Å². The van der Waals surface area contributed by atoms with E-state index in [0.717, 1.165) is 29.7 Å². The molecule has 1 aliphatic rings. The van der Waals surface area contributed by atoms with E-state index in [0.29, 0.717) is 13.1 Å². The first-order valence-electron chi connectivity index (χ1n) is 6.88. The Morgan fingerprint density at radius 3 is 2.81 bits per heavy atom. The average Bonchev–Trinajstić information content (AvgIpc) is 3.18. The Labute approximate surface area is 128 Å². The van der Waals surface area contributed by atoms with Gasteiger partial charge in [-0.1, -0.05) is 6.07 Å². The van der Waals surface area contributed by atoms with Gasteiger partial charge in [-0.3, -0.25) is 4.98 Å². The van der Waals surface area contributed by atoms with Gasteiger partial charge >= 0.3 is 0 Å². The lowest BCUT2D eigenvalue weighted by Crippen LogP contribution is -2.38. The van der Waals surface area contributed by atoms with E-state index in [1.807, 2.05) is 29.0 Å². The zero-order valence-corrected chi connectivity index (χ0v) is 13.2. The van der Waals surface area contributed by atoms with E-state index in [4.69, 9.17) is 0 Å². The summed E-state index contributed by atoms with van der Waals surface area (Å²) in [5, 5.41) is 4.00. The van der Waals surface area contributed by atoms with E-state index in [-0.39, 0.29) is 6.54 Å². The van der Waals surface area contributed by atoms with Gasteiger partial charge in [-0.15, -0.1) is 0 Å². The van der Waals surface area contributed by atoms with Crippen molar-refractivity contribution in [1.29, 1.82) is 0 Å². The Morgan fingerprint density at radius 2 is 2.10 bits per heavy atom. The maximum atomic E-state index is 12.2. The SMILES string of the molecule is O=S(=O)(NCc1cccnc1-c1ccsc1)N1CCCC1. The molecular formula is C14H17N3O2S2. The van der Waals surface area contributed by atoms with Crippen LogP contribution in [0.1, 0.15) is 18.4 Å². The molecule has 1 aliphatic heterocycles. The largest absolute Gasteiger partial charge is 0.279 e. The number of aromatic nitrogens is 1. The van der Waals surface area contributed by atoms with Crippen LogP contribution in [0, 0.1) is 0 Å². The second kappa shape index (κ2) is 6.23. The van der Waals surface area contributed by atoms with Gasteiger partial charge in [0.2, 0.25) is 0 Å². The smallest absolute Gasteiger partial charge is 0.256 e.